The molecule has 0 unspecified atom stereocenters. The van der Waals surface area contributed by atoms with E-state index in [9.17, 15) is 9.59 Å². The monoisotopic (exact) mass is 435 g/mol. The molecule has 0 saturated carbocycles. The Hall–Kier alpha value is -3.32. The molecule has 0 amide bonds. The second-order valence-corrected chi connectivity index (χ2v) is 8.20. The fourth-order valence-corrected chi connectivity index (χ4v) is 4.27. The molecule has 1 aliphatic rings. The number of benzene rings is 2. The maximum atomic E-state index is 13.4. The van der Waals surface area contributed by atoms with Gasteiger partial charge in [-0.1, -0.05) is 42.8 Å². The van der Waals surface area contributed by atoms with Crippen molar-refractivity contribution in [2.75, 3.05) is 11.4 Å². The van der Waals surface area contributed by atoms with Gasteiger partial charge in [-0.15, -0.1) is 0 Å². The lowest BCUT2D eigenvalue weighted by molar-refractivity contribution is 0.652. The predicted octanol–water partition coefficient (Wildman–Crippen LogP) is 3.31. The van der Waals surface area contributed by atoms with Gasteiger partial charge in [0.1, 0.15) is 0 Å². The van der Waals surface area contributed by atoms with E-state index in [0.717, 1.165) is 24.2 Å². The van der Waals surface area contributed by atoms with Crippen molar-refractivity contribution in [2.24, 2.45) is 7.05 Å². The Balaban J connectivity index is 1.63. The number of imidazole rings is 1. The zero-order valence-corrected chi connectivity index (χ0v) is 18.1. The van der Waals surface area contributed by atoms with Crippen molar-refractivity contribution in [2.45, 2.75) is 26.4 Å². The second-order valence-electron chi connectivity index (χ2n) is 7.77. The minimum absolute atomic E-state index is 0.182. The summed E-state index contributed by atoms with van der Waals surface area (Å²) in [6, 6.07) is 15.5. The Morgan fingerprint density at radius 1 is 0.968 bits per heavy atom. The lowest BCUT2D eigenvalue weighted by Crippen LogP contribution is -2.40. The van der Waals surface area contributed by atoms with Gasteiger partial charge >= 0.3 is 5.69 Å². The largest absolute Gasteiger partial charge is 0.332 e. The van der Waals surface area contributed by atoms with Gasteiger partial charge in [0.25, 0.3) is 5.56 Å². The van der Waals surface area contributed by atoms with Crippen LogP contribution in [0.3, 0.4) is 0 Å². The second kappa shape index (κ2) is 7.42. The summed E-state index contributed by atoms with van der Waals surface area (Å²) >= 11 is 5.96. The Morgan fingerprint density at radius 3 is 2.32 bits per heavy atom. The van der Waals surface area contributed by atoms with Crippen LogP contribution in [-0.2, 0) is 26.6 Å². The van der Waals surface area contributed by atoms with E-state index in [1.165, 1.54) is 14.7 Å². The van der Waals surface area contributed by atoms with E-state index in [1.54, 1.807) is 19.2 Å². The van der Waals surface area contributed by atoms with Crippen LogP contribution in [0.5, 0.6) is 0 Å². The van der Waals surface area contributed by atoms with E-state index in [2.05, 4.69) is 36.1 Å². The minimum atomic E-state index is -0.386. The van der Waals surface area contributed by atoms with Gasteiger partial charge in [0.05, 0.1) is 6.54 Å². The summed E-state index contributed by atoms with van der Waals surface area (Å²) < 4.78 is 4.64. The number of hydrogen-bond donors (Lipinski definition) is 0. The molecule has 0 aliphatic carbocycles. The number of aromatic nitrogens is 4. The normalized spacial score (nSPS) is 13.2. The van der Waals surface area contributed by atoms with Gasteiger partial charge in [-0.25, -0.2) is 4.79 Å². The van der Waals surface area contributed by atoms with E-state index in [1.807, 2.05) is 16.7 Å². The minimum Gasteiger partial charge on any atom is -0.310 e. The molecule has 5 rings (SSSR count). The lowest BCUT2D eigenvalue weighted by atomic mass is 10.1. The predicted molar refractivity (Wildman–Crippen MR) is 123 cm³/mol. The molecule has 3 heterocycles. The van der Waals surface area contributed by atoms with Crippen molar-refractivity contribution >= 4 is 34.4 Å². The maximum absolute atomic E-state index is 13.4. The van der Waals surface area contributed by atoms with Crippen molar-refractivity contribution in [1.29, 1.82) is 0 Å². The Kier molecular flexibility index (Phi) is 4.70. The smallest absolute Gasteiger partial charge is 0.310 e. The van der Waals surface area contributed by atoms with Crippen molar-refractivity contribution in [3.05, 3.63) is 85.5 Å². The van der Waals surface area contributed by atoms with Gasteiger partial charge in [0.15, 0.2) is 11.2 Å². The van der Waals surface area contributed by atoms with Crippen LogP contribution in [0, 0.1) is 0 Å². The Bertz CT molecular complexity index is 1400. The first-order valence-corrected chi connectivity index (χ1v) is 10.7. The molecule has 1 aliphatic heterocycles. The molecular formula is C23H22ClN5O2. The van der Waals surface area contributed by atoms with Crippen molar-refractivity contribution < 1.29 is 0 Å². The molecule has 2 aromatic carbocycles. The highest BCUT2D eigenvalue weighted by Gasteiger charge is 2.28. The molecule has 31 heavy (non-hydrogen) atoms. The zero-order valence-electron chi connectivity index (χ0n) is 17.4. The molecule has 4 aromatic rings. The summed E-state index contributed by atoms with van der Waals surface area (Å²) in [5, 5.41) is 0.611. The van der Waals surface area contributed by atoms with Crippen LogP contribution in [0.25, 0.3) is 11.2 Å². The fourth-order valence-electron chi connectivity index (χ4n) is 4.15. The van der Waals surface area contributed by atoms with E-state index in [4.69, 9.17) is 16.6 Å². The standard InChI is InChI=1S/C23H22ClN5O2/c1-3-15-6-10-18(11-7-15)27-12-13-28-19-20(25-22(27)28)26(2)23(31)29(21(19)30)14-16-4-8-17(24)9-5-16/h4-11H,3,12-14H2,1-2H3. The molecule has 0 bridgehead atoms. The third kappa shape index (κ3) is 3.16. The highest BCUT2D eigenvalue weighted by Crippen LogP contribution is 2.31. The summed E-state index contributed by atoms with van der Waals surface area (Å²) in [5.41, 5.74) is 3.28. The fraction of sp³-hybridized carbons (Fsp3) is 0.261. The van der Waals surface area contributed by atoms with Crippen LogP contribution in [0.15, 0.2) is 58.1 Å². The van der Waals surface area contributed by atoms with Crippen molar-refractivity contribution in [3.63, 3.8) is 0 Å². The Labute approximate surface area is 183 Å². The number of aryl methyl sites for hydroxylation is 2. The summed E-state index contributed by atoms with van der Waals surface area (Å²) in [6.07, 6.45) is 0.980. The molecule has 0 N–H and O–H groups in total. The van der Waals surface area contributed by atoms with E-state index in [-0.39, 0.29) is 17.8 Å². The molecule has 0 radical (unpaired) electrons. The van der Waals surface area contributed by atoms with E-state index in [0.29, 0.717) is 28.7 Å². The van der Waals surface area contributed by atoms with E-state index < -0.39 is 0 Å². The Morgan fingerprint density at radius 2 is 1.65 bits per heavy atom. The number of rotatable bonds is 4. The third-order valence-corrected chi connectivity index (χ3v) is 6.16. The van der Waals surface area contributed by atoms with Crippen LogP contribution in [0.4, 0.5) is 11.6 Å². The summed E-state index contributed by atoms with van der Waals surface area (Å²) in [4.78, 5) is 33.1. The van der Waals surface area contributed by atoms with Crippen LogP contribution in [0.2, 0.25) is 5.02 Å². The average molecular weight is 436 g/mol. The first-order valence-electron chi connectivity index (χ1n) is 10.3. The SMILES string of the molecule is CCc1ccc(N2CCn3c2nc2c3c(=O)n(Cc3ccc(Cl)cc3)c(=O)n2C)cc1. The zero-order chi connectivity index (χ0) is 21.7. The van der Waals surface area contributed by atoms with Crippen LogP contribution in [0.1, 0.15) is 18.1 Å². The molecule has 0 saturated heterocycles. The molecule has 0 fully saturated rings. The summed E-state index contributed by atoms with van der Waals surface area (Å²) in [5.74, 6) is 0.690. The molecule has 2 aromatic heterocycles. The third-order valence-electron chi connectivity index (χ3n) is 5.91. The maximum Gasteiger partial charge on any atom is 0.332 e. The highest BCUT2D eigenvalue weighted by atomic mass is 35.5. The quantitative estimate of drug-likeness (QED) is 0.493. The number of hydrogen-bond acceptors (Lipinski definition) is 4. The van der Waals surface area contributed by atoms with E-state index >= 15 is 0 Å². The first-order chi connectivity index (χ1) is 15.0. The summed E-state index contributed by atoms with van der Waals surface area (Å²) in [7, 11) is 1.66. The number of nitrogens with zero attached hydrogens (tertiary/aromatic N) is 5. The molecule has 0 spiro atoms. The average Bonchev–Trinajstić information content (AvgIpc) is 3.36. The molecule has 158 valence electrons. The number of anilines is 2. The van der Waals surface area contributed by atoms with Crippen LogP contribution >= 0.6 is 11.6 Å². The van der Waals surface area contributed by atoms with Crippen molar-refractivity contribution in [1.82, 2.24) is 18.7 Å². The van der Waals surface area contributed by atoms with Crippen LogP contribution in [-0.4, -0.2) is 25.2 Å². The summed E-state index contributed by atoms with van der Waals surface area (Å²) in [6.45, 7) is 3.67. The van der Waals surface area contributed by atoms with Gasteiger partial charge in [0, 0.05) is 30.8 Å². The number of halogens is 1. The molecular weight excluding hydrogens is 414 g/mol. The topological polar surface area (TPSA) is 65.1 Å². The van der Waals surface area contributed by atoms with Gasteiger partial charge in [0.2, 0.25) is 5.95 Å². The van der Waals surface area contributed by atoms with Gasteiger partial charge in [-0.3, -0.25) is 13.9 Å². The van der Waals surface area contributed by atoms with Crippen molar-refractivity contribution in [3.8, 4) is 0 Å². The first kappa shape index (κ1) is 19.6. The van der Waals surface area contributed by atoms with Gasteiger partial charge in [-0.2, -0.15) is 4.98 Å². The molecule has 7 nitrogen and oxygen atoms in total. The van der Waals surface area contributed by atoms with Gasteiger partial charge < -0.3 is 9.47 Å². The molecule has 0 atom stereocenters. The van der Waals surface area contributed by atoms with Crippen LogP contribution < -0.4 is 16.1 Å². The number of fused-ring (bicyclic) bond motifs is 3. The highest BCUT2D eigenvalue weighted by molar-refractivity contribution is 6.30. The molecule has 8 heteroatoms. The lowest BCUT2D eigenvalue weighted by Gasteiger charge is -2.16. The van der Waals surface area contributed by atoms with Gasteiger partial charge in [-0.05, 0) is 41.8 Å².